The minimum absolute atomic E-state index is 0.0408. The molecule has 1 heterocycles. The molecule has 1 fully saturated rings. The number of benzene rings is 1. The lowest BCUT2D eigenvalue weighted by atomic mass is 9.97. The maximum absolute atomic E-state index is 11.8. The molecule has 4 N–H and O–H groups in total. The van der Waals surface area contributed by atoms with E-state index in [2.05, 4.69) is 26.0 Å². The SMILES string of the molecule is CCCOC(=O)C(C)(C)NC(C)=O.CCCOC(=O)CCC(CC(C)=O)C(=O)OC.CCCOC(=O)[C@@H](NC(C)=O)C(C)C.CCCOC(=O)[C@@H]1CCCN1C(C)=O.CCCOC(=O)[C@H](C)NC(C)=O.CCCOC(=O)[C@H](CCC(=O)OCC)CC(C)=O.CCCOC(=O)[C@H](Cc1ccccc1)NC(C)=O. The Morgan fingerprint density at radius 1 is 0.481 bits per heavy atom. The Morgan fingerprint density at radius 2 is 0.896 bits per heavy atom. The van der Waals surface area contributed by atoms with Gasteiger partial charge in [-0.3, -0.25) is 43.2 Å². The summed E-state index contributed by atoms with van der Waals surface area (Å²) in [6, 6.07) is 7.52. The molecule has 1 saturated heterocycles. The summed E-state index contributed by atoms with van der Waals surface area (Å²) in [5, 5.41) is 10.2. The van der Waals surface area contributed by atoms with Gasteiger partial charge in [0.25, 0.3) is 0 Å². The van der Waals surface area contributed by atoms with Gasteiger partial charge in [-0.25, -0.2) is 24.0 Å². The van der Waals surface area contributed by atoms with Crippen molar-refractivity contribution < 1.29 is 119 Å². The molecular weight excluding hydrogens is 1380 g/mol. The molecule has 30 heteroatoms. The number of nitrogens with zero attached hydrogens (tertiary/aromatic N) is 1. The number of hydrogen-bond acceptors (Lipinski definition) is 25. The lowest BCUT2D eigenvalue weighted by molar-refractivity contribution is -0.153. The Hall–Kier alpha value is -8.86. The molecule has 1 aromatic carbocycles. The molecule has 0 bridgehead atoms. The molecule has 2 rings (SSSR count). The number of ketones is 2. The molecule has 608 valence electrons. The van der Waals surface area contributed by atoms with Crippen LogP contribution in [0.25, 0.3) is 0 Å². The highest BCUT2D eigenvalue weighted by atomic mass is 16.6. The van der Waals surface area contributed by atoms with E-state index in [1.807, 2.05) is 92.6 Å². The number of hydrogen-bond donors (Lipinski definition) is 4. The fraction of sp³-hybridized carbons (Fsp3) is 0.711. The van der Waals surface area contributed by atoms with Crippen LogP contribution >= 0.6 is 0 Å². The van der Waals surface area contributed by atoms with Gasteiger partial charge >= 0.3 is 53.7 Å². The largest absolute Gasteiger partial charge is 0.469 e. The van der Waals surface area contributed by atoms with Crippen molar-refractivity contribution in [3.63, 3.8) is 0 Å². The van der Waals surface area contributed by atoms with Gasteiger partial charge in [-0.2, -0.15) is 0 Å². The zero-order chi connectivity index (χ0) is 82.3. The van der Waals surface area contributed by atoms with E-state index in [1.54, 1.807) is 32.6 Å². The fourth-order valence-electron chi connectivity index (χ4n) is 8.74. The first-order chi connectivity index (χ1) is 49.8. The van der Waals surface area contributed by atoms with E-state index in [-0.39, 0.29) is 121 Å². The predicted molar refractivity (Wildman–Crippen MR) is 395 cm³/mol. The molecule has 1 aliphatic heterocycles. The number of methoxy groups -OCH3 is 1. The number of likely N-dealkylation sites (tertiary alicyclic amines) is 1. The number of carbonyl (C=O) groups is 16. The second-order valence-corrected chi connectivity index (χ2v) is 25.3. The molecule has 30 nitrogen and oxygen atoms in total. The van der Waals surface area contributed by atoms with Gasteiger partial charge in [-0.05, 0) is 124 Å². The van der Waals surface area contributed by atoms with Crippen molar-refractivity contribution in [2.75, 3.05) is 66.5 Å². The number of esters is 9. The standard InChI is InChI=1S/C14H19NO3.C13H22O5.C12H20O5.C10H17NO3.C10H19NO3.C9H17NO3.C8H15NO3/c1-3-9-18-14(17)13(15-11(2)16)10-12-7-5-4-6-8-12;1-4-8-18-13(16)11(9-10(3)14)6-7-12(15)17-5-2;1-4-7-17-11(14)6-5-10(8-9(2)13)12(15)16-3;1-3-7-14-10(13)9-5-4-6-11(9)8(2)12;1-5-6-14-10(13)9(7(2)3)11-8(4)12;1-5-6-13-8(12)9(3,4)10-7(2)11;1-4-5-12-8(11)6(2)9-7(3)10/h4-8,13H,3,9-10H2,1-2H3,(H,15,16);11H,4-9H2,1-3H3;10H,4-8H2,1-3H3;9H,3-7H2,1-2H3;7,9H,5-6H2,1-4H3,(H,11,12);5-6H2,1-4H3,(H,10,11);6H,4-5H2,1-3H3,(H,9,10)/t13-;11-;;2*9-;;6-/m01.00.0/s1. The Morgan fingerprint density at radius 3 is 1.31 bits per heavy atom. The van der Waals surface area contributed by atoms with E-state index in [9.17, 15) is 76.7 Å². The van der Waals surface area contributed by atoms with Crippen LogP contribution in [-0.4, -0.2) is 196 Å². The third-order valence-electron chi connectivity index (χ3n) is 13.7. The molecule has 1 unspecified atom stereocenters. The van der Waals surface area contributed by atoms with Crippen molar-refractivity contribution in [3.05, 3.63) is 35.9 Å². The summed E-state index contributed by atoms with van der Waals surface area (Å²) in [5.41, 5.74) is 0.0609. The minimum Gasteiger partial charge on any atom is -0.469 e. The minimum atomic E-state index is -0.930. The quantitative estimate of drug-likeness (QED) is 0.0355. The van der Waals surface area contributed by atoms with Crippen LogP contribution < -0.4 is 21.3 Å². The second kappa shape index (κ2) is 65.6. The van der Waals surface area contributed by atoms with Crippen molar-refractivity contribution in [1.29, 1.82) is 0 Å². The van der Waals surface area contributed by atoms with Crippen LogP contribution in [0.1, 0.15) is 240 Å². The highest BCUT2D eigenvalue weighted by molar-refractivity contribution is 5.88. The fourth-order valence-corrected chi connectivity index (χ4v) is 8.74. The average Bonchev–Trinajstić information content (AvgIpc) is 1.94. The van der Waals surface area contributed by atoms with Crippen molar-refractivity contribution in [1.82, 2.24) is 26.2 Å². The van der Waals surface area contributed by atoms with E-state index < -0.39 is 53.4 Å². The summed E-state index contributed by atoms with van der Waals surface area (Å²) in [7, 11) is 1.27. The number of ether oxygens (including phenoxy) is 9. The molecule has 6 atom stereocenters. The van der Waals surface area contributed by atoms with Gasteiger partial charge in [0, 0.05) is 73.3 Å². The number of carbonyl (C=O) groups excluding carboxylic acids is 16. The van der Waals surface area contributed by atoms with Gasteiger partial charge in [0.2, 0.25) is 29.5 Å². The summed E-state index contributed by atoms with van der Waals surface area (Å²) >= 11 is 0. The lowest BCUT2D eigenvalue weighted by Crippen LogP contribution is -2.49. The van der Waals surface area contributed by atoms with Crippen LogP contribution in [0.15, 0.2) is 30.3 Å². The van der Waals surface area contributed by atoms with Crippen LogP contribution in [0.4, 0.5) is 0 Å². The molecule has 0 saturated carbocycles. The number of Topliss-reactive ketones (excluding diaryl/α,β-unsaturated/α-hetero) is 2. The normalized spacial score (nSPS) is 12.9. The van der Waals surface area contributed by atoms with E-state index in [0.717, 1.165) is 63.4 Å². The Balaban J connectivity index is -0.000000376. The third-order valence-corrected chi connectivity index (χ3v) is 13.7. The summed E-state index contributed by atoms with van der Waals surface area (Å²) in [4.78, 5) is 181. The van der Waals surface area contributed by atoms with Gasteiger partial charge in [0.05, 0.1) is 71.8 Å². The van der Waals surface area contributed by atoms with Gasteiger partial charge in [-0.15, -0.1) is 0 Å². The van der Waals surface area contributed by atoms with Gasteiger partial charge in [-0.1, -0.05) is 92.6 Å². The van der Waals surface area contributed by atoms with E-state index in [4.69, 9.17) is 37.9 Å². The Kier molecular flexibility index (Phi) is 65.5. The molecule has 0 spiro atoms. The monoisotopic (exact) mass is 1510 g/mol. The van der Waals surface area contributed by atoms with Gasteiger partial charge in [0.1, 0.15) is 41.3 Å². The topological polar surface area (TPSA) is 408 Å². The molecule has 1 aliphatic rings. The molecule has 106 heavy (non-hydrogen) atoms. The number of amides is 5. The van der Waals surface area contributed by atoms with Gasteiger partial charge in [0.15, 0.2) is 0 Å². The molecule has 1 aromatic rings. The summed E-state index contributed by atoms with van der Waals surface area (Å²) in [5.74, 6) is -5.49. The first-order valence-corrected chi connectivity index (χ1v) is 36.6. The lowest BCUT2D eigenvalue weighted by Gasteiger charge is -2.22. The van der Waals surface area contributed by atoms with Crippen molar-refractivity contribution in [3.8, 4) is 0 Å². The maximum Gasteiger partial charge on any atom is 0.331 e. The molecule has 0 aliphatic carbocycles. The average molecular weight is 1510 g/mol. The van der Waals surface area contributed by atoms with Crippen molar-refractivity contribution in [2.24, 2.45) is 17.8 Å². The third kappa shape index (κ3) is 59.4. The molecular formula is C76H129N5O25. The van der Waals surface area contributed by atoms with Crippen molar-refractivity contribution in [2.45, 2.75) is 271 Å². The Bertz CT molecular complexity index is 2740. The predicted octanol–water partition coefficient (Wildman–Crippen LogP) is 8.42. The Labute approximate surface area is 629 Å². The first-order valence-electron chi connectivity index (χ1n) is 36.6. The molecule has 5 amide bonds. The van der Waals surface area contributed by atoms with E-state index in [1.165, 1.54) is 55.6 Å². The summed E-state index contributed by atoms with van der Waals surface area (Å²) in [6.07, 6.45) is 8.58. The molecule has 0 aromatic heterocycles. The highest BCUT2D eigenvalue weighted by Gasteiger charge is 2.34. The van der Waals surface area contributed by atoms with Gasteiger partial charge < -0.3 is 78.4 Å². The van der Waals surface area contributed by atoms with Crippen LogP contribution in [0.5, 0.6) is 0 Å². The smallest absolute Gasteiger partial charge is 0.331 e. The number of nitrogens with one attached hydrogen (secondary N) is 4. The van der Waals surface area contributed by atoms with Crippen LogP contribution in [0.3, 0.4) is 0 Å². The van der Waals surface area contributed by atoms with E-state index >= 15 is 0 Å². The first kappa shape index (κ1) is 106. The zero-order valence-corrected chi connectivity index (χ0v) is 67.3. The van der Waals surface area contributed by atoms with Crippen LogP contribution in [-0.2, 0) is 126 Å². The number of rotatable bonds is 39. The maximum atomic E-state index is 11.8. The van der Waals surface area contributed by atoms with Crippen LogP contribution in [0, 0.1) is 17.8 Å². The van der Waals surface area contributed by atoms with Crippen LogP contribution in [0.2, 0.25) is 0 Å². The summed E-state index contributed by atoms with van der Waals surface area (Å²) in [6.45, 7) is 37.3. The second-order valence-electron chi connectivity index (χ2n) is 25.3. The zero-order valence-electron chi connectivity index (χ0n) is 67.3. The molecule has 0 radical (unpaired) electrons. The van der Waals surface area contributed by atoms with E-state index in [0.29, 0.717) is 72.2 Å². The summed E-state index contributed by atoms with van der Waals surface area (Å²) < 4.78 is 44.0. The highest BCUT2D eigenvalue weighted by Crippen LogP contribution is 2.19. The van der Waals surface area contributed by atoms with Crippen molar-refractivity contribution >= 4 is 94.8 Å².